The van der Waals surface area contributed by atoms with Gasteiger partial charge in [0.15, 0.2) is 16.0 Å². The molecule has 11 N–H and O–H groups in total. The van der Waals surface area contributed by atoms with Crippen LogP contribution in [0.25, 0.3) is 22.5 Å². The van der Waals surface area contributed by atoms with Gasteiger partial charge in [-0.1, -0.05) is 308 Å². The molecule has 0 aliphatic rings. The Morgan fingerprint density at radius 2 is 0.719 bits per heavy atom. The van der Waals surface area contributed by atoms with Crippen LogP contribution in [0.5, 0.6) is 11.5 Å². The number of carbonyl (C=O) groups is 3. The Kier molecular flexibility index (Phi) is 70.3. The number of unbranched alkanes of at least 4 members (excludes halogenated alkanes) is 12. The summed E-state index contributed by atoms with van der Waals surface area (Å²) in [5, 5.41) is 29.6. The molecule has 9 aromatic rings. The maximum absolute atomic E-state index is 11.8. The lowest BCUT2D eigenvalue weighted by atomic mass is 10.0. The number of nitrogens with zero attached hydrogens (tertiary/aromatic N) is 2. The minimum atomic E-state index is -0.0396. The number of methoxy groups -OCH3 is 2. The molecule has 0 bridgehead atoms. The van der Waals surface area contributed by atoms with Crippen molar-refractivity contribution in [3.8, 4) is 34.0 Å². The molecule has 2 amide bonds. The van der Waals surface area contributed by atoms with Crippen molar-refractivity contribution in [2.45, 2.75) is 368 Å². The summed E-state index contributed by atoms with van der Waals surface area (Å²) in [6, 6.07) is 65.5. The third-order valence-corrected chi connectivity index (χ3v) is 22.1. The molecule has 0 radical (unpaired) electrons. The monoisotopic (exact) mass is 1890 g/mol. The zero-order chi connectivity index (χ0) is 101. The molecule has 135 heavy (non-hydrogen) atoms. The number of amides is 2. The first-order chi connectivity index (χ1) is 64.2. The average molecular weight is 1900 g/mol. The Morgan fingerprint density at radius 3 is 1.11 bits per heavy atom. The highest BCUT2D eigenvalue weighted by Gasteiger charge is 2.16. The van der Waals surface area contributed by atoms with Crippen molar-refractivity contribution in [1.29, 1.82) is 0 Å². The highest BCUT2D eigenvalue weighted by atomic mass is 32.1. The van der Waals surface area contributed by atoms with Gasteiger partial charge >= 0.3 is 0 Å². The Bertz CT molecular complexity index is 4220. The van der Waals surface area contributed by atoms with Crippen LogP contribution in [0.2, 0.25) is 0 Å². The van der Waals surface area contributed by atoms with E-state index in [4.69, 9.17) is 9.47 Å². The molecule has 1 atom stereocenters. The fraction of sp³-hybridized carbons (Fsp3) is 0.557. The average Bonchev–Trinajstić information content (AvgIpc) is 1.70. The first-order valence-corrected chi connectivity index (χ1v) is 52.3. The lowest BCUT2D eigenvalue weighted by molar-refractivity contribution is -0.126. The number of carbonyl (C=O) groups excluding carboxylic acids is 3. The maximum atomic E-state index is 11.8. The quantitative estimate of drug-likeness (QED) is 0.00968. The fourth-order valence-corrected chi connectivity index (χ4v) is 14.4. The molecule has 2 aromatic heterocycles. The molecule has 0 aliphatic heterocycles. The van der Waals surface area contributed by atoms with Gasteiger partial charge in [0.05, 0.1) is 32.2 Å². The zero-order valence-corrected chi connectivity index (χ0v) is 90.9. The molecule has 20 heteroatoms. The van der Waals surface area contributed by atoms with Crippen molar-refractivity contribution in [2.75, 3.05) is 57.6 Å². The largest absolute Gasteiger partial charge is 0.497 e. The second kappa shape index (κ2) is 76.3. The summed E-state index contributed by atoms with van der Waals surface area (Å²) in [6.45, 7) is 59.7. The topological polar surface area (TPSA) is 228 Å². The Hall–Kier alpha value is -8.67. The highest BCUT2D eigenvalue weighted by Crippen LogP contribution is 2.28. The Balaban J connectivity index is 0.000000761. The van der Waals surface area contributed by atoms with E-state index in [2.05, 4.69) is 350 Å². The van der Waals surface area contributed by atoms with Gasteiger partial charge in [-0.3, -0.25) is 25.2 Å². The molecule has 1 unspecified atom stereocenters. The van der Waals surface area contributed by atoms with Crippen LogP contribution in [-0.2, 0) is 35.3 Å². The number of hydrogen-bond acceptors (Lipinski definition) is 18. The number of nitrogens with one attached hydrogen (secondary N) is 11. The number of Topliss-reactive ketones (excluding diaryl/α,β-unsaturated/α-hetero) is 1. The number of ketones is 1. The molecule has 0 saturated heterocycles. The summed E-state index contributed by atoms with van der Waals surface area (Å²) < 4.78 is 10.1. The van der Waals surface area contributed by atoms with E-state index in [1.165, 1.54) is 146 Å². The number of ether oxygens (including phenoxy) is 2. The normalized spacial score (nSPS) is 11.1. The molecule has 2 heterocycles. The predicted octanol–water partition coefficient (Wildman–Crippen LogP) is 27.1. The summed E-state index contributed by atoms with van der Waals surface area (Å²) in [6.07, 6.45) is 25.3. The van der Waals surface area contributed by atoms with Crippen LogP contribution in [0.3, 0.4) is 0 Å². The van der Waals surface area contributed by atoms with Crippen LogP contribution in [0.15, 0.2) is 193 Å². The van der Waals surface area contributed by atoms with E-state index in [0.717, 1.165) is 91.4 Å². The van der Waals surface area contributed by atoms with E-state index in [0.29, 0.717) is 60.8 Å². The number of rotatable bonds is 48. The van der Waals surface area contributed by atoms with Gasteiger partial charge in [-0.15, -0.1) is 22.7 Å². The molecular formula is C115H187N13O5S2. The molecule has 754 valence electrons. The number of benzene rings is 7. The van der Waals surface area contributed by atoms with Gasteiger partial charge in [-0.2, -0.15) is 0 Å². The van der Waals surface area contributed by atoms with Crippen LogP contribution < -0.4 is 68.4 Å². The molecule has 0 saturated carbocycles. The van der Waals surface area contributed by atoms with Gasteiger partial charge in [-0.05, 0) is 247 Å². The smallest absolute Gasteiger partial charge is 0.236 e. The van der Waals surface area contributed by atoms with Crippen molar-refractivity contribution in [1.82, 2.24) is 58.3 Å². The van der Waals surface area contributed by atoms with Gasteiger partial charge < -0.3 is 46.7 Å². The van der Waals surface area contributed by atoms with Crippen molar-refractivity contribution in [3.63, 3.8) is 0 Å². The standard InChI is InChI=1S/C15H32N2O.C13H28N2O.2C13H16N2S.C13H19NO2.C12H19NO.3C12H19N/c1-5-6-7-8-9-10-11-12-14(4)15(18)17-16-13(2)3;1-4-5-6-7-8-9-10-11-13(16)15-14-12(2)3;2*1-9(2)14-13-15-12(8-16-13)11-6-4-10(3)5-7-11;1-13(2,3)14-9-12(15)10-5-7-11(16-4)8-6-10;1-10(2)13-9-8-11-4-6-12(14-3)7-5-11;1-10(2)13-9-8-12-6-4-11(3)5-7-12;1-12(2,3)13-10-9-11-7-5-4-6-8-11;1-11(2)13-10-6-9-12-7-4-3-5-8-12/h13-14,16H,5-12H2,1-4H3,(H,17,18);12,14H,4-11H2,1-3H3,(H,15,16);2*4-9H,1-3H3,(H,14,15);5-8,14H,9H2,1-4H3;4-7,10,13H,8-9H2,1-3H3;4-7,10,13H,8-9H2,1-3H3;4-8,13H,9-10H2,1-3H3;3-5,7-8,11,13H,6,9-10H2,1-2H3. The number of thiazole rings is 2. The van der Waals surface area contributed by atoms with Gasteiger partial charge in [0.25, 0.3) is 0 Å². The van der Waals surface area contributed by atoms with Gasteiger partial charge in [0, 0.05) is 93.2 Å². The van der Waals surface area contributed by atoms with Crippen LogP contribution in [0.1, 0.15) is 318 Å². The van der Waals surface area contributed by atoms with Crippen LogP contribution in [0, 0.1) is 26.7 Å². The van der Waals surface area contributed by atoms with Crippen LogP contribution >= 0.6 is 22.7 Å². The van der Waals surface area contributed by atoms with Crippen molar-refractivity contribution >= 4 is 50.5 Å². The predicted molar refractivity (Wildman–Crippen MR) is 588 cm³/mol. The maximum Gasteiger partial charge on any atom is 0.236 e. The second-order valence-electron chi connectivity index (χ2n) is 39.1. The summed E-state index contributed by atoms with van der Waals surface area (Å²) >= 11 is 3.31. The molecule has 18 nitrogen and oxygen atoms in total. The molecule has 7 aromatic carbocycles. The Morgan fingerprint density at radius 1 is 0.363 bits per heavy atom. The van der Waals surface area contributed by atoms with E-state index >= 15 is 0 Å². The number of hydrazine groups is 2. The molecular weight excluding hydrogens is 1710 g/mol. The number of anilines is 2. The van der Waals surface area contributed by atoms with E-state index in [1.54, 1.807) is 61.2 Å². The molecule has 9 rings (SSSR count). The van der Waals surface area contributed by atoms with Crippen molar-refractivity contribution in [3.05, 3.63) is 237 Å². The summed E-state index contributed by atoms with van der Waals surface area (Å²) in [7, 11) is 3.30. The molecule has 0 spiro atoms. The van der Waals surface area contributed by atoms with Crippen molar-refractivity contribution in [2.24, 2.45) is 5.92 Å². The third kappa shape index (κ3) is 71.5. The van der Waals surface area contributed by atoms with Gasteiger partial charge in [0.2, 0.25) is 11.8 Å². The van der Waals surface area contributed by atoms with Crippen LogP contribution in [-0.4, -0.2) is 128 Å². The van der Waals surface area contributed by atoms with E-state index in [-0.39, 0.29) is 34.6 Å². The zero-order valence-electron chi connectivity index (χ0n) is 89.2. The van der Waals surface area contributed by atoms with E-state index < -0.39 is 0 Å². The van der Waals surface area contributed by atoms with E-state index in [9.17, 15) is 14.4 Å². The number of aromatic nitrogens is 2. The summed E-state index contributed by atoms with van der Waals surface area (Å²) in [4.78, 5) is 43.9. The number of hydrogen-bond donors (Lipinski definition) is 11. The lowest BCUT2D eigenvalue weighted by Crippen LogP contribution is -2.44. The first kappa shape index (κ1) is 124. The first-order valence-electron chi connectivity index (χ1n) is 50.5. The SMILES string of the molecule is CC(C)(C)NCCc1ccccc1.CC(C)NCCCc1ccccc1.CCCCCCCCCC(=O)NNC(C)C.CCCCCCCCCC(C)C(=O)NNC(C)C.COc1ccc(C(=O)CNC(C)(C)C)cc1.COc1ccc(CCNC(C)C)cc1.Cc1ccc(-c2csc(NC(C)C)n2)cc1.Cc1ccc(-c2csc(NC(C)C)n2)cc1.Cc1ccc(CCNC(C)C)cc1. The minimum absolute atomic E-state index is 0.0396. The second-order valence-corrected chi connectivity index (χ2v) is 40.9. The molecule has 0 aliphatic carbocycles. The van der Waals surface area contributed by atoms with Crippen LogP contribution in [0.4, 0.5) is 10.3 Å². The van der Waals surface area contributed by atoms with Gasteiger partial charge in [0.1, 0.15) is 11.5 Å². The minimum Gasteiger partial charge on any atom is -0.497 e. The third-order valence-electron chi connectivity index (χ3n) is 20.6. The fourth-order valence-electron chi connectivity index (χ4n) is 12.6. The number of aryl methyl sites for hydroxylation is 4. The Labute approximate surface area is 830 Å². The lowest BCUT2D eigenvalue weighted by Gasteiger charge is -2.20. The van der Waals surface area contributed by atoms with Crippen molar-refractivity contribution < 1.29 is 23.9 Å². The summed E-state index contributed by atoms with van der Waals surface area (Å²) in [5.41, 5.74) is 26.2. The highest BCUT2D eigenvalue weighted by molar-refractivity contribution is 7.14. The summed E-state index contributed by atoms with van der Waals surface area (Å²) in [5.74, 6) is 2.13. The van der Waals surface area contributed by atoms with E-state index in [1.807, 2.05) is 67.5 Å². The van der Waals surface area contributed by atoms with Gasteiger partial charge in [-0.25, -0.2) is 20.8 Å². The molecule has 0 fully saturated rings.